The SMILES string of the molecule is CCS(=O)(=O)c1nnc(NC(=O)c2ccnc3ccccc23)s1. The lowest BCUT2D eigenvalue weighted by Crippen LogP contribution is -2.12. The summed E-state index contributed by atoms with van der Waals surface area (Å²) < 4.78 is 23.4. The van der Waals surface area contributed by atoms with E-state index in [1.54, 1.807) is 18.3 Å². The van der Waals surface area contributed by atoms with Crippen molar-refractivity contribution >= 4 is 43.1 Å². The molecule has 0 aliphatic rings. The molecule has 0 spiro atoms. The number of hydrogen-bond acceptors (Lipinski definition) is 7. The molecule has 0 bridgehead atoms. The number of rotatable bonds is 4. The number of anilines is 1. The number of aromatic nitrogens is 3. The number of pyridine rings is 1. The Labute approximate surface area is 136 Å². The van der Waals surface area contributed by atoms with E-state index in [9.17, 15) is 13.2 Å². The van der Waals surface area contributed by atoms with Gasteiger partial charge in [0, 0.05) is 11.6 Å². The van der Waals surface area contributed by atoms with Gasteiger partial charge < -0.3 is 0 Å². The van der Waals surface area contributed by atoms with Crippen molar-refractivity contribution in [2.45, 2.75) is 11.3 Å². The highest BCUT2D eigenvalue weighted by atomic mass is 32.2. The van der Waals surface area contributed by atoms with Gasteiger partial charge in [0.15, 0.2) is 0 Å². The van der Waals surface area contributed by atoms with E-state index in [1.807, 2.05) is 18.2 Å². The standard InChI is InChI=1S/C14H12N4O3S2/c1-2-23(20,21)14-18-17-13(22-14)16-12(19)10-7-8-15-11-6-4-3-5-9(10)11/h3-8H,2H2,1H3,(H,16,17,19). The van der Waals surface area contributed by atoms with Gasteiger partial charge in [-0.1, -0.05) is 36.5 Å². The summed E-state index contributed by atoms with van der Waals surface area (Å²) in [6, 6.07) is 8.86. The summed E-state index contributed by atoms with van der Waals surface area (Å²) in [5, 5.41) is 10.8. The number of nitrogens with zero attached hydrogens (tertiary/aromatic N) is 3. The number of amides is 1. The minimum absolute atomic E-state index is 0.0649. The number of benzene rings is 1. The number of carbonyl (C=O) groups excluding carboxylic acids is 1. The maximum Gasteiger partial charge on any atom is 0.258 e. The van der Waals surface area contributed by atoms with Crippen molar-refractivity contribution < 1.29 is 13.2 Å². The maximum atomic E-state index is 12.4. The topological polar surface area (TPSA) is 102 Å². The molecule has 7 nitrogen and oxygen atoms in total. The van der Waals surface area contributed by atoms with Crippen LogP contribution in [0.1, 0.15) is 17.3 Å². The molecule has 0 saturated heterocycles. The highest BCUT2D eigenvalue weighted by molar-refractivity contribution is 7.93. The molecule has 1 N–H and O–H groups in total. The Morgan fingerprint density at radius 1 is 1.22 bits per heavy atom. The fourth-order valence-electron chi connectivity index (χ4n) is 1.97. The zero-order valence-electron chi connectivity index (χ0n) is 12.1. The van der Waals surface area contributed by atoms with E-state index in [1.165, 1.54) is 6.92 Å². The number of sulfone groups is 1. The molecule has 118 valence electrons. The quantitative estimate of drug-likeness (QED) is 0.725. The van der Waals surface area contributed by atoms with Crippen molar-refractivity contribution in [1.29, 1.82) is 0 Å². The lowest BCUT2D eigenvalue weighted by Gasteiger charge is -2.04. The fourth-order valence-corrected chi connectivity index (χ4v) is 3.95. The number of fused-ring (bicyclic) bond motifs is 1. The van der Waals surface area contributed by atoms with Crippen molar-refractivity contribution in [3.8, 4) is 0 Å². The van der Waals surface area contributed by atoms with E-state index in [0.29, 0.717) is 16.5 Å². The number of carbonyl (C=O) groups is 1. The molecule has 9 heteroatoms. The predicted octanol–water partition coefficient (Wildman–Crippen LogP) is 2.13. The van der Waals surface area contributed by atoms with Crippen LogP contribution in [0, 0.1) is 0 Å². The molecule has 0 atom stereocenters. The lowest BCUT2D eigenvalue weighted by atomic mass is 10.1. The van der Waals surface area contributed by atoms with Crippen molar-refractivity contribution in [3.63, 3.8) is 0 Å². The first kappa shape index (κ1) is 15.5. The highest BCUT2D eigenvalue weighted by Gasteiger charge is 2.19. The first-order chi connectivity index (χ1) is 11.0. The van der Waals surface area contributed by atoms with Gasteiger partial charge in [0.25, 0.3) is 5.91 Å². The molecule has 1 amide bonds. The van der Waals surface area contributed by atoms with Gasteiger partial charge in [-0.3, -0.25) is 15.1 Å². The van der Waals surface area contributed by atoms with Crippen LogP contribution in [0.2, 0.25) is 0 Å². The summed E-state index contributed by atoms with van der Waals surface area (Å²) in [7, 11) is -3.43. The van der Waals surface area contributed by atoms with Crippen LogP contribution < -0.4 is 5.32 Å². The minimum atomic E-state index is -3.43. The molecule has 0 fully saturated rings. The zero-order valence-corrected chi connectivity index (χ0v) is 13.7. The monoisotopic (exact) mass is 348 g/mol. The Balaban J connectivity index is 1.90. The minimum Gasteiger partial charge on any atom is -0.296 e. The maximum absolute atomic E-state index is 12.4. The smallest absolute Gasteiger partial charge is 0.258 e. The van der Waals surface area contributed by atoms with E-state index in [4.69, 9.17) is 0 Å². The van der Waals surface area contributed by atoms with Crippen LogP contribution in [-0.4, -0.2) is 35.3 Å². The molecule has 2 aromatic heterocycles. The van der Waals surface area contributed by atoms with E-state index < -0.39 is 9.84 Å². The first-order valence-corrected chi connectivity index (χ1v) is 9.19. The van der Waals surface area contributed by atoms with Gasteiger partial charge in [-0.25, -0.2) is 8.42 Å². The van der Waals surface area contributed by atoms with Crippen molar-refractivity contribution in [3.05, 3.63) is 42.1 Å². The van der Waals surface area contributed by atoms with Crippen LogP contribution in [-0.2, 0) is 9.84 Å². The normalized spacial score (nSPS) is 11.5. The van der Waals surface area contributed by atoms with Crippen molar-refractivity contribution in [2.75, 3.05) is 11.1 Å². The second kappa shape index (κ2) is 6.01. The van der Waals surface area contributed by atoms with Crippen molar-refractivity contribution in [2.24, 2.45) is 0 Å². The van der Waals surface area contributed by atoms with Gasteiger partial charge in [0.2, 0.25) is 19.3 Å². The average Bonchev–Trinajstić information content (AvgIpc) is 3.03. The molecule has 0 unspecified atom stereocenters. The number of hydrogen-bond donors (Lipinski definition) is 1. The molecular formula is C14H12N4O3S2. The van der Waals surface area contributed by atoms with Crippen LogP contribution in [0.4, 0.5) is 5.13 Å². The highest BCUT2D eigenvalue weighted by Crippen LogP contribution is 2.23. The average molecular weight is 348 g/mol. The fraction of sp³-hybridized carbons (Fsp3) is 0.143. The zero-order chi connectivity index (χ0) is 16.4. The van der Waals surface area contributed by atoms with Gasteiger partial charge >= 0.3 is 0 Å². The van der Waals surface area contributed by atoms with E-state index in [2.05, 4.69) is 20.5 Å². The summed E-state index contributed by atoms with van der Waals surface area (Å²) in [5.74, 6) is -0.454. The van der Waals surface area contributed by atoms with Gasteiger partial charge in [-0.2, -0.15) is 0 Å². The third-order valence-corrected chi connectivity index (χ3v) is 6.19. The van der Waals surface area contributed by atoms with Gasteiger partial charge in [-0.05, 0) is 12.1 Å². The van der Waals surface area contributed by atoms with Crippen LogP contribution in [0.25, 0.3) is 10.9 Å². The molecule has 2 heterocycles. The molecular weight excluding hydrogens is 336 g/mol. The molecule has 3 aromatic rings. The third-order valence-electron chi connectivity index (χ3n) is 3.17. The summed E-state index contributed by atoms with van der Waals surface area (Å²) in [4.78, 5) is 16.6. The molecule has 0 aliphatic heterocycles. The number of para-hydroxylation sites is 1. The second-order valence-electron chi connectivity index (χ2n) is 4.61. The van der Waals surface area contributed by atoms with Crippen molar-refractivity contribution in [1.82, 2.24) is 15.2 Å². The Bertz CT molecular complexity index is 977. The third kappa shape index (κ3) is 3.06. The Morgan fingerprint density at radius 2 is 2.00 bits per heavy atom. The first-order valence-electron chi connectivity index (χ1n) is 6.72. The van der Waals surface area contributed by atoms with E-state index >= 15 is 0 Å². The molecule has 0 saturated carbocycles. The molecule has 1 aromatic carbocycles. The summed E-state index contributed by atoms with van der Waals surface area (Å²) in [5.41, 5.74) is 1.14. The molecule has 3 rings (SSSR count). The Morgan fingerprint density at radius 3 is 2.78 bits per heavy atom. The Hall–Kier alpha value is -2.39. The summed E-state index contributed by atoms with van der Waals surface area (Å²) >= 11 is 0.835. The summed E-state index contributed by atoms with van der Waals surface area (Å²) in [6.07, 6.45) is 1.55. The number of nitrogens with one attached hydrogen (secondary N) is 1. The second-order valence-corrected chi connectivity index (χ2v) is 8.04. The van der Waals surface area contributed by atoms with E-state index in [-0.39, 0.29) is 21.1 Å². The van der Waals surface area contributed by atoms with Crippen LogP contribution >= 0.6 is 11.3 Å². The molecule has 23 heavy (non-hydrogen) atoms. The van der Waals surface area contributed by atoms with Gasteiger partial charge in [-0.15, -0.1) is 10.2 Å². The van der Waals surface area contributed by atoms with Crippen LogP contribution in [0.5, 0.6) is 0 Å². The van der Waals surface area contributed by atoms with Gasteiger partial charge in [0.05, 0.1) is 16.8 Å². The predicted molar refractivity (Wildman–Crippen MR) is 87.3 cm³/mol. The Kier molecular flexibility index (Phi) is 4.05. The largest absolute Gasteiger partial charge is 0.296 e. The molecule has 0 radical (unpaired) electrons. The van der Waals surface area contributed by atoms with E-state index in [0.717, 1.165) is 11.3 Å². The van der Waals surface area contributed by atoms with Gasteiger partial charge in [0.1, 0.15) is 0 Å². The van der Waals surface area contributed by atoms with Crippen LogP contribution in [0.3, 0.4) is 0 Å². The van der Waals surface area contributed by atoms with Crippen LogP contribution in [0.15, 0.2) is 40.9 Å². The summed E-state index contributed by atoms with van der Waals surface area (Å²) in [6.45, 7) is 1.53. The lowest BCUT2D eigenvalue weighted by molar-refractivity contribution is 0.102. The molecule has 0 aliphatic carbocycles.